The number of nitrogens with two attached hydrogens (primary N) is 1. The van der Waals surface area contributed by atoms with E-state index in [0.29, 0.717) is 24.0 Å². The van der Waals surface area contributed by atoms with Gasteiger partial charge < -0.3 is 25.7 Å². The fourth-order valence-electron chi connectivity index (χ4n) is 4.48. The highest BCUT2D eigenvalue weighted by Crippen LogP contribution is 2.29. The molecule has 1 aromatic carbocycles. The van der Waals surface area contributed by atoms with Crippen molar-refractivity contribution in [1.82, 2.24) is 15.2 Å². The maximum Gasteiger partial charge on any atom is 0.408 e. The molecule has 3 rings (SSSR count). The quantitative estimate of drug-likeness (QED) is 0.523. The number of ether oxygens (including phenoxy) is 1. The first-order chi connectivity index (χ1) is 17.3. The highest BCUT2D eigenvalue weighted by Gasteiger charge is 2.43. The molecule has 1 atom stereocenters. The molecule has 0 saturated heterocycles. The summed E-state index contributed by atoms with van der Waals surface area (Å²) in [6, 6.07) is 7.13. The lowest BCUT2D eigenvalue weighted by molar-refractivity contribution is -0.133. The van der Waals surface area contributed by atoms with E-state index in [4.69, 9.17) is 10.5 Å². The van der Waals surface area contributed by atoms with Gasteiger partial charge in [-0.15, -0.1) is 0 Å². The zero-order valence-corrected chi connectivity index (χ0v) is 21.7. The predicted molar refractivity (Wildman–Crippen MR) is 137 cm³/mol. The number of aromatic nitrogens is 1. The van der Waals surface area contributed by atoms with Gasteiger partial charge >= 0.3 is 6.09 Å². The van der Waals surface area contributed by atoms with E-state index in [2.05, 4.69) is 10.6 Å². The molecule has 0 aliphatic heterocycles. The van der Waals surface area contributed by atoms with Gasteiger partial charge in [-0.1, -0.05) is 43.5 Å². The summed E-state index contributed by atoms with van der Waals surface area (Å²) in [5, 5.41) is 5.50. The van der Waals surface area contributed by atoms with Gasteiger partial charge in [0.25, 0.3) is 5.56 Å². The summed E-state index contributed by atoms with van der Waals surface area (Å²) in [6.45, 7) is 5.22. The number of alkyl carbamates (subject to hydrolysis) is 1. The van der Waals surface area contributed by atoms with Crippen LogP contribution < -0.4 is 21.9 Å². The molecule has 1 heterocycles. The Bertz CT molecular complexity index is 1180. The van der Waals surface area contributed by atoms with Gasteiger partial charge in [0.05, 0.1) is 0 Å². The third kappa shape index (κ3) is 7.18. The molecule has 2 aromatic rings. The second kappa shape index (κ2) is 11.1. The van der Waals surface area contributed by atoms with Crippen LogP contribution in [0.5, 0.6) is 0 Å². The van der Waals surface area contributed by atoms with E-state index in [1.807, 2.05) is 0 Å². The lowest BCUT2D eigenvalue weighted by Crippen LogP contribution is -2.63. The molecule has 200 valence electrons. The minimum Gasteiger partial charge on any atom is -0.444 e. The van der Waals surface area contributed by atoms with Crippen LogP contribution in [0.1, 0.15) is 58.4 Å². The smallest absolute Gasteiger partial charge is 0.408 e. The Kier molecular flexibility index (Phi) is 8.40. The summed E-state index contributed by atoms with van der Waals surface area (Å²) < 4.78 is 20.4. The number of carbonyl (C=O) groups excluding carboxylic acids is 3. The number of nitrogens with one attached hydrogen (secondary N) is 2. The summed E-state index contributed by atoms with van der Waals surface area (Å²) in [5.41, 5.74) is 4.92. The summed E-state index contributed by atoms with van der Waals surface area (Å²) in [4.78, 5) is 49.8. The number of halogens is 1. The molecule has 1 fully saturated rings. The Hall–Kier alpha value is -3.69. The fourth-order valence-corrected chi connectivity index (χ4v) is 4.48. The molecule has 1 unspecified atom stereocenters. The highest BCUT2D eigenvalue weighted by molar-refractivity contribution is 5.94. The Labute approximate surface area is 215 Å². The van der Waals surface area contributed by atoms with Crippen molar-refractivity contribution in [2.75, 3.05) is 0 Å². The SMILES string of the molecule is Cn1cc(-c2ccc(CC(NC(=O)C3(NC(=O)OC(C)(C)C)CCCCC3)C(N)=O)cc2)cc(F)c1=O. The van der Waals surface area contributed by atoms with Gasteiger partial charge in [0.2, 0.25) is 11.8 Å². The molecule has 9 nitrogen and oxygen atoms in total. The normalized spacial score (nSPS) is 15.9. The van der Waals surface area contributed by atoms with Crippen LogP contribution in [-0.4, -0.2) is 39.7 Å². The highest BCUT2D eigenvalue weighted by atomic mass is 19.1. The molecule has 1 aliphatic carbocycles. The molecule has 4 N–H and O–H groups in total. The summed E-state index contributed by atoms with van der Waals surface area (Å²) >= 11 is 0. The van der Waals surface area contributed by atoms with Crippen LogP contribution in [-0.2, 0) is 27.8 Å². The second-order valence-electron chi connectivity index (χ2n) is 10.6. The molecule has 3 amide bonds. The maximum absolute atomic E-state index is 13.9. The minimum absolute atomic E-state index is 0.130. The average Bonchev–Trinajstić information content (AvgIpc) is 2.81. The van der Waals surface area contributed by atoms with Crippen LogP contribution in [0, 0.1) is 5.82 Å². The number of hydrogen-bond donors (Lipinski definition) is 3. The lowest BCUT2D eigenvalue weighted by Gasteiger charge is -2.37. The van der Waals surface area contributed by atoms with E-state index in [-0.39, 0.29) is 6.42 Å². The van der Waals surface area contributed by atoms with E-state index in [0.717, 1.165) is 24.8 Å². The number of aryl methyl sites for hydroxylation is 1. The van der Waals surface area contributed by atoms with Crippen LogP contribution in [0.15, 0.2) is 41.3 Å². The summed E-state index contributed by atoms with van der Waals surface area (Å²) in [7, 11) is 1.47. The van der Waals surface area contributed by atoms with Crippen molar-refractivity contribution in [3.63, 3.8) is 0 Å². The molecule has 1 aliphatic rings. The second-order valence-corrected chi connectivity index (χ2v) is 10.6. The van der Waals surface area contributed by atoms with Gasteiger partial charge in [0.15, 0.2) is 5.82 Å². The average molecular weight is 515 g/mol. The van der Waals surface area contributed by atoms with Gasteiger partial charge in [0, 0.05) is 25.2 Å². The lowest BCUT2D eigenvalue weighted by atomic mass is 9.80. The van der Waals surface area contributed by atoms with Crippen molar-refractivity contribution < 1.29 is 23.5 Å². The van der Waals surface area contributed by atoms with Crippen LogP contribution in [0.2, 0.25) is 0 Å². The van der Waals surface area contributed by atoms with E-state index >= 15 is 0 Å². The number of pyridine rings is 1. The third-order valence-electron chi connectivity index (χ3n) is 6.40. The van der Waals surface area contributed by atoms with E-state index < -0.39 is 46.5 Å². The fraction of sp³-hybridized carbons (Fsp3) is 0.481. The molecule has 0 spiro atoms. The standard InChI is InChI=1S/C27H35FN4O5/c1-26(2,3)37-25(36)31-27(12-6-5-7-13-27)24(35)30-21(22(29)33)14-17-8-10-18(11-9-17)19-15-20(28)23(34)32(4)16-19/h8-11,15-16,21H,5-7,12-14H2,1-4H3,(H2,29,33)(H,30,35)(H,31,36). The van der Waals surface area contributed by atoms with Crippen molar-refractivity contribution in [3.05, 3.63) is 58.3 Å². The number of carbonyl (C=O) groups is 3. The number of primary amides is 1. The van der Waals surface area contributed by atoms with Gasteiger partial charge in [-0.25, -0.2) is 9.18 Å². The number of nitrogens with zero attached hydrogens (tertiary/aromatic N) is 1. The Morgan fingerprint density at radius 2 is 1.73 bits per heavy atom. The van der Waals surface area contributed by atoms with E-state index in [9.17, 15) is 23.6 Å². The Balaban J connectivity index is 1.75. The number of rotatable bonds is 7. The number of benzene rings is 1. The first kappa shape index (κ1) is 27.9. The molecular formula is C27H35FN4O5. The zero-order chi connectivity index (χ0) is 27.4. The molecule has 37 heavy (non-hydrogen) atoms. The Morgan fingerprint density at radius 1 is 1.11 bits per heavy atom. The first-order valence-electron chi connectivity index (χ1n) is 12.4. The van der Waals surface area contributed by atoms with Crippen LogP contribution >= 0.6 is 0 Å². The zero-order valence-electron chi connectivity index (χ0n) is 21.7. The van der Waals surface area contributed by atoms with Crippen LogP contribution in [0.4, 0.5) is 9.18 Å². The monoisotopic (exact) mass is 514 g/mol. The maximum atomic E-state index is 13.9. The summed E-state index contributed by atoms with van der Waals surface area (Å²) in [5.74, 6) is -2.03. The largest absolute Gasteiger partial charge is 0.444 e. The van der Waals surface area contributed by atoms with E-state index in [1.165, 1.54) is 23.9 Å². The van der Waals surface area contributed by atoms with Gasteiger partial charge in [-0.3, -0.25) is 14.4 Å². The number of amides is 3. The molecule has 10 heteroatoms. The predicted octanol–water partition coefficient (Wildman–Crippen LogP) is 2.93. The third-order valence-corrected chi connectivity index (χ3v) is 6.40. The van der Waals surface area contributed by atoms with Crippen molar-refractivity contribution >= 4 is 17.9 Å². The topological polar surface area (TPSA) is 133 Å². The van der Waals surface area contributed by atoms with Crippen LogP contribution in [0.3, 0.4) is 0 Å². The molecule has 1 saturated carbocycles. The molecule has 0 bridgehead atoms. The number of hydrogen-bond acceptors (Lipinski definition) is 5. The first-order valence-corrected chi connectivity index (χ1v) is 12.4. The molecule has 1 aromatic heterocycles. The van der Waals surface area contributed by atoms with E-state index in [1.54, 1.807) is 45.0 Å². The summed E-state index contributed by atoms with van der Waals surface area (Å²) in [6.07, 6.45) is 4.26. The minimum atomic E-state index is -1.19. The van der Waals surface area contributed by atoms with Crippen molar-refractivity contribution in [3.8, 4) is 11.1 Å². The molecule has 0 radical (unpaired) electrons. The van der Waals surface area contributed by atoms with Crippen molar-refractivity contribution in [2.24, 2.45) is 12.8 Å². The van der Waals surface area contributed by atoms with Crippen molar-refractivity contribution in [2.45, 2.75) is 76.5 Å². The van der Waals surface area contributed by atoms with Gasteiger partial charge in [0.1, 0.15) is 17.2 Å². The Morgan fingerprint density at radius 3 is 2.27 bits per heavy atom. The van der Waals surface area contributed by atoms with Crippen LogP contribution in [0.25, 0.3) is 11.1 Å². The molecular weight excluding hydrogens is 479 g/mol. The van der Waals surface area contributed by atoms with Crippen molar-refractivity contribution in [1.29, 1.82) is 0 Å². The van der Waals surface area contributed by atoms with Gasteiger partial charge in [-0.2, -0.15) is 0 Å². The van der Waals surface area contributed by atoms with Gasteiger partial charge in [-0.05, 0) is 50.8 Å².